The lowest BCUT2D eigenvalue weighted by Crippen LogP contribution is -2.34. The number of nitrogens with zero attached hydrogens (tertiary/aromatic N) is 5. The summed E-state index contributed by atoms with van der Waals surface area (Å²) in [6.07, 6.45) is 4.60. The first-order chi connectivity index (χ1) is 17.3. The molecule has 2 aromatic heterocycles. The number of hydrogen-bond acceptors (Lipinski definition) is 7. The third kappa shape index (κ3) is 3.06. The molecule has 36 heavy (non-hydrogen) atoms. The van der Waals surface area contributed by atoms with E-state index in [0.29, 0.717) is 11.6 Å². The Hall–Kier alpha value is -3.69. The van der Waals surface area contributed by atoms with Crippen molar-refractivity contribution in [3.63, 3.8) is 0 Å². The highest BCUT2D eigenvalue weighted by atomic mass is 35.5. The number of carbonyl (C=O) groups is 1. The van der Waals surface area contributed by atoms with Crippen molar-refractivity contribution in [3.8, 4) is 0 Å². The predicted molar refractivity (Wildman–Crippen MR) is 140 cm³/mol. The topological polar surface area (TPSA) is 99.5 Å². The number of hydrogen-bond donors (Lipinski definition) is 3. The Kier molecular flexibility index (Phi) is 4.44. The van der Waals surface area contributed by atoms with Crippen LogP contribution in [0.2, 0.25) is 5.02 Å². The van der Waals surface area contributed by atoms with Crippen LogP contribution < -0.4 is 20.9 Å². The maximum absolute atomic E-state index is 12.3. The van der Waals surface area contributed by atoms with Gasteiger partial charge in [-0.05, 0) is 68.3 Å². The van der Waals surface area contributed by atoms with Gasteiger partial charge in [-0.1, -0.05) is 17.7 Å². The Morgan fingerprint density at radius 1 is 1.14 bits per heavy atom. The van der Waals surface area contributed by atoms with Crippen LogP contribution >= 0.6 is 11.6 Å². The fourth-order valence-corrected chi connectivity index (χ4v) is 5.96. The van der Waals surface area contributed by atoms with Crippen LogP contribution in [0.25, 0.3) is 5.65 Å². The average Bonchev–Trinajstić information content (AvgIpc) is 3.60. The molecule has 7 rings (SSSR count). The van der Waals surface area contributed by atoms with Gasteiger partial charge in [0.15, 0.2) is 5.82 Å². The molecule has 1 atom stereocenters. The highest BCUT2D eigenvalue weighted by molar-refractivity contribution is 6.30. The third-order valence-corrected chi connectivity index (χ3v) is 8.02. The van der Waals surface area contributed by atoms with E-state index < -0.39 is 5.41 Å². The number of fused-ring (bicyclic) bond motifs is 4. The zero-order valence-electron chi connectivity index (χ0n) is 20.0. The number of aromatic nitrogens is 4. The van der Waals surface area contributed by atoms with E-state index >= 15 is 0 Å². The van der Waals surface area contributed by atoms with Crippen molar-refractivity contribution < 1.29 is 4.79 Å². The second-order valence-electron chi connectivity index (χ2n) is 10.4. The molecule has 0 aliphatic carbocycles. The summed E-state index contributed by atoms with van der Waals surface area (Å²) in [5, 5.41) is 15.2. The minimum atomic E-state index is -0.543. The van der Waals surface area contributed by atoms with E-state index in [1.807, 2.05) is 38.1 Å². The summed E-state index contributed by atoms with van der Waals surface area (Å²) in [6.45, 7) is 6.55. The van der Waals surface area contributed by atoms with Gasteiger partial charge in [0.1, 0.15) is 0 Å². The summed E-state index contributed by atoms with van der Waals surface area (Å²) in [5.74, 6) is 1.22. The molecule has 3 N–H and O–H groups in total. The summed E-state index contributed by atoms with van der Waals surface area (Å²) in [5.41, 5.74) is 5.08. The van der Waals surface area contributed by atoms with Crippen LogP contribution in [0.5, 0.6) is 0 Å². The van der Waals surface area contributed by atoms with Crippen molar-refractivity contribution in [2.75, 3.05) is 35.2 Å². The summed E-state index contributed by atoms with van der Waals surface area (Å²) in [6, 6.07) is 11.9. The van der Waals surface area contributed by atoms with Gasteiger partial charge in [-0.3, -0.25) is 4.79 Å². The summed E-state index contributed by atoms with van der Waals surface area (Å²) < 4.78 is 1.75. The van der Waals surface area contributed by atoms with E-state index in [-0.39, 0.29) is 11.3 Å². The first-order valence-corrected chi connectivity index (χ1v) is 12.4. The third-order valence-electron chi connectivity index (χ3n) is 7.78. The number of rotatable bonds is 3. The molecule has 2 aromatic carbocycles. The second kappa shape index (κ2) is 7.41. The molecular formula is C26H25ClN8O. The first-order valence-electron chi connectivity index (χ1n) is 12.1. The number of benzene rings is 2. The standard InChI is InChI=1S/C26H25ClN8O/c1-25(2)17-5-4-16(12-19(17)31-23(25)36)30-24-32-22-21(29-9-10-35(22)33-24)34-14-26(7-8-28-13-26)18-11-15(27)3-6-20(18)34/h3-6,9-12,28H,7-8,13-14H2,1-2H3,(H,30,33)(H,31,36). The molecule has 1 saturated heterocycles. The lowest BCUT2D eigenvalue weighted by molar-refractivity contribution is -0.119. The fourth-order valence-electron chi connectivity index (χ4n) is 5.79. The molecule has 1 fully saturated rings. The predicted octanol–water partition coefficient (Wildman–Crippen LogP) is 4.13. The second-order valence-corrected chi connectivity index (χ2v) is 10.8. The summed E-state index contributed by atoms with van der Waals surface area (Å²) in [7, 11) is 0. The molecular weight excluding hydrogens is 476 g/mol. The Balaban J connectivity index is 1.25. The zero-order valence-corrected chi connectivity index (χ0v) is 20.7. The van der Waals surface area contributed by atoms with E-state index in [9.17, 15) is 4.79 Å². The minimum absolute atomic E-state index is 0.00126. The Morgan fingerprint density at radius 2 is 2.03 bits per heavy atom. The Bertz CT molecular complexity index is 1560. The van der Waals surface area contributed by atoms with Crippen LogP contribution in [0.3, 0.4) is 0 Å². The average molecular weight is 501 g/mol. The van der Waals surface area contributed by atoms with Gasteiger partial charge in [0.25, 0.3) is 0 Å². The van der Waals surface area contributed by atoms with Crippen LogP contribution in [0.4, 0.5) is 28.8 Å². The smallest absolute Gasteiger partial charge is 0.247 e. The molecule has 1 amide bonds. The monoisotopic (exact) mass is 500 g/mol. The van der Waals surface area contributed by atoms with Gasteiger partial charge < -0.3 is 20.9 Å². The molecule has 4 aromatic rings. The molecule has 5 heterocycles. The van der Waals surface area contributed by atoms with Crippen LogP contribution in [-0.2, 0) is 15.6 Å². The van der Waals surface area contributed by atoms with Gasteiger partial charge in [-0.25, -0.2) is 9.50 Å². The Labute approximate surface area is 212 Å². The summed E-state index contributed by atoms with van der Waals surface area (Å²) >= 11 is 6.40. The molecule has 1 unspecified atom stereocenters. The van der Waals surface area contributed by atoms with Crippen molar-refractivity contribution in [1.29, 1.82) is 0 Å². The highest BCUT2D eigenvalue weighted by Gasteiger charge is 2.46. The van der Waals surface area contributed by atoms with Crippen molar-refractivity contribution in [3.05, 3.63) is 64.9 Å². The largest absolute Gasteiger partial charge is 0.325 e. The lowest BCUT2D eigenvalue weighted by atomic mass is 9.82. The number of anilines is 5. The van der Waals surface area contributed by atoms with Crippen LogP contribution in [0.15, 0.2) is 48.8 Å². The van der Waals surface area contributed by atoms with Gasteiger partial charge in [-0.2, -0.15) is 4.98 Å². The normalized spacial score (nSPS) is 21.8. The van der Waals surface area contributed by atoms with Gasteiger partial charge in [0, 0.05) is 53.0 Å². The van der Waals surface area contributed by atoms with Gasteiger partial charge in [-0.15, -0.1) is 5.10 Å². The minimum Gasteiger partial charge on any atom is -0.325 e. The SMILES string of the molecule is CC1(C)C(=O)Nc2cc(Nc3nc4c(N5CC6(CCNC6)c6cc(Cl)ccc65)nccn4n3)ccc21. The lowest BCUT2D eigenvalue weighted by Gasteiger charge is -2.24. The molecule has 0 saturated carbocycles. The molecule has 9 nitrogen and oxygen atoms in total. The first kappa shape index (κ1) is 21.6. The molecule has 182 valence electrons. The van der Waals surface area contributed by atoms with E-state index in [1.165, 1.54) is 5.56 Å². The van der Waals surface area contributed by atoms with E-state index in [2.05, 4.69) is 38.1 Å². The molecule has 1 spiro atoms. The molecule has 10 heteroatoms. The van der Waals surface area contributed by atoms with Crippen LogP contribution in [-0.4, -0.2) is 45.1 Å². The number of nitrogens with one attached hydrogen (secondary N) is 3. The molecule has 0 bridgehead atoms. The molecule has 3 aliphatic rings. The fraction of sp³-hybridized carbons (Fsp3) is 0.308. The van der Waals surface area contributed by atoms with E-state index in [4.69, 9.17) is 21.6 Å². The van der Waals surface area contributed by atoms with E-state index in [0.717, 1.165) is 59.5 Å². The quantitative estimate of drug-likeness (QED) is 0.389. The Morgan fingerprint density at radius 3 is 2.86 bits per heavy atom. The van der Waals surface area contributed by atoms with Gasteiger partial charge in [0.05, 0.1) is 5.41 Å². The molecule has 0 radical (unpaired) electrons. The molecule has 3 aliphatic heterocycles. The van der Waals surface area contributed by atoms with Crippen molar-refractivity contribution in [2.24, 2.45) is 0 Å². The maximum Gasteiger partial charge on any atom is 0.247 e. The zero-order chi connectivity index (χ0) is 24.7. The van der Waals surface area contributed by atoms with Gasteiger partial charge >= 0.3 is 0 Å². The van der Waals surface area contributed by atoms with Crippen molar-refractivity contribution in [1.82, 2.24) is 24.9 Å². The number of amides is 1. The van der Waals surface area contributed by atoms with Crippen LogP contribution in [0, 0.1) is 0 Å². The summed E-state index contributed by atoms with van der Waals surface area (Å²) in [4.78, 5) is 24.1. The van der Waals surface area contributed by atoms with Crippen molar-refractivity contribution >= 4 is 52.0 Å². The number of halogens is 1. The van der Waals surface area contributed by atoms with E-state index in [1.54, 1.807) is 16.9 Å². The van der Waals surface area contributed by atoms with Crippen LogP contribution in [0.1, 0.15) is 31.4 Å². The van der Waals surface area contributed by atoms with Crippen molar-refractivity contribution in [2.45, 2.75) is 31.1 Å². The maximum atomic E-state index is 12.3. The number of carbonyl (C=O) groups excluding carboxylic acids is 1. The van der Waals surface area contributed by atoms with Gasteiger partial charge in [0.2, 0.25) is 17.5 Å². The highest BCUT2D eigenvalue weighted by Crippen LogP contribution is 2.48.